The van der Waals surface area contributed by atoms with Crippen molar-refractivity contribution < 1.29 is 4.79 Å². The van der Waals surface area contributed by atoms with Crippen molar-refractivity contribution >= 4 is 11.5 Å². The Hall–Kier alpha value is -1.35. The second-order valence-corrected chi connectivity index (χ2v) is 5.77. The molecule has 0 saturated heterocycles. The summed E-state index contributed by atoms with van der Waals surface area (Å²) in [5.41, 5.74) is 3.27. The van der Waals surface area contributed by atoms with Gasteiger partial charge in [-0.05, 0) is 56.0 Å². The molecule has 0 amide bonds. The number of Topliss-reactive ketones (excluding diaryl/α,β-unsaturated/α-hetero) is 1. The lowest BCUT2D eigenvalue weighted by Gasteiger charge is -2.14. The van der Waals surface area contributed by atoms with E-state index >= 15 is 0 Å². The minimum Gasteiger partial charge on any atom is -0.384 e. The van der Waals surface area contributed by atoms with E-state index in [-0.39, 0.29) is 11.8 Å². The molecule has 0 saturated carbocycles. The van der Waals surface area contributed by atoms with Gasteiger partial charge >= 0.3 is 0 Å². The van der Waals surface area contributed by atoms with Gasteiger partial charge in [0.1, 0.15) is 0 Å². The molecule has 19 heavy (non-hydrogen) atoms. The van der Waals surface area contributed by atoms with Gasteiger partial charge in [0.05, 0.1) is 6.04 Å². The lowest BCUT2D eigenvalue weighted by molar-refractivity contribution is 0.0950. The molecule has 1 aliphatic rings. The van der Waals surface area contributed by atoms with Crippen LogP contribution in [0.15, 0.2) is 18.2 Å². The molecule has 1 unspecified atom stereocenters. The van der Waals surface area contributed by atoms with Crippen LogP contribution in [0.5, 0.6) is 0 Å². The van der Waals surface area contributed by atoms with Crippen LogP contribution in [0.3, 0.4) is 0 Å². The molecule has 3 heteroatoms. The van der Waals surface area contributed by atoms with Gasteiger partial charge in [-0.25, -0.2) is 0 Å². The minimum atomic E-state index is -0.105. The van der Waals surface area contributed by atoms with Crippen LogP contribution in [0.1, 0.15) is 43.1 Å². The number of ketones is 1. The van der Waals surface area contributed by atoms with Crippen molar-refractivity contribution in [1.29, 1.82) is 0 Å². The van der Waals surface area contributed by atoms with E-state index in [1.807, 2.05) is 25.1 Å². The van der Waals surface area contributed by atoms with Crippen LogP contribution >= 0.6 is 0 Å². The SMILES string of the molecule is CC(C)CCNC(C)C(=O)c1ccc2c(c1)CCN2. The first kappa shape index (κ1) is 14.1. The zero-order valence-electron chi connectivity index (χ0n) is 12.1. The number of carbonyl (C=O) groups is 1. The van der Waals surface area contributed by atoms with Crippen LogP contribution < -0.4 is 10.6 Å². The van der Waals surface area contributed by atoms with E-state index in [1.54, 1.807) is 0 Å². The Bertz CT molecular complexity index is 454. The Kier molecular flexibility index (Phi) is 4.59. The highest BCUT2D eigenvalue weighted by molar-refractivity contribution is 6.00. The van der Waals surface area contributed by atoms with E-state index in [4.69, 9.17) is 0 Å². The number of anilines is 1. The van der Waals surface area contributed by atoms with Crippen molar-refractivity contribution in [3.63, 3.8) is 0 Å². The summed E-state index contributed by atoms with van der Waals surface area (Å²) >= 11 is 0. The van der Waals surface area contributed by atoms with E-state index < -0.39 is 0 Å². The molecule has 2 N–H and O–H groups in total. The standard InChI is InChI=1S/C16H24N2O/c1-11(2)6-8-17-12(3)16(19)14-4-5-15-13(10-14)7-9-18-15/h4-5,10-12,17-18H,6-9H2,1-3H3. The molecule has 1 atom stereocenters. The van der Waals surface area contributed by atoms with Crippen LogP contribution in [0.25, 0.3) is 0 Å². The summed E-state index contributed by atoms with van der Waals surface area (Å²) in [6.45, 7) is 8.23. The van der Waals surface area contributed by atoms with Gasteiger partial charge in [0, 0.05) is 17.8 Å². The summed E-state index contributed by atoms with van der Waals surface area (Å²) in [6.07, 6.45) is 2.12. The third-order valence-corrected chi connectivity index (χ3v) is 3.67. The van der Waals surface area contributed by atoms with Crippen molar-refractivity contribution in [3.05, 3.63) is 29.3 Å². The molecule has 0 aliphatic carbocycles. The second-order valence-electron chi connectivity index (χ2n) is 5.77. The number of hydrogen-bond acceptors (Lipinski definition) is 3. The average Bonchev–Trinajstić information content (AvgIpc) is 2.84. The normalized spacial score (nSPS) is 15.2. The lowest BCUT2D eigenvalue weighted by Crippen LogP contribution is -2.35. The second kappa shape index (κ2) is 6.20. The van der Waals surface area contributed by atoms with Crippen LogP contribution in [0.4, 0.5) is 5.69 Å². The molecule has 0 aromatic heterocycles. The van der Waals surface area contributed by atoms with E-state index in [2.05, 4.69) is 24.5 Å². The van der Waals surface area contributed by atoms with Crippen LogP contribution in [0, 0.1) is 5.92 Å². The van der Waals surface area contributed by atoms with Gasteiger partial charge in [0.15, 0.2) is 5.78 Å². The van der Waals surface area contributed by atoms with Crippen molar-refractivity contribution in [1.82, 2.24) is 5.32 Å². The fraction of sp³-hybridized carbons (Fsp3) is 0.562. The third-order valence-electron chi connectivity index (χ3n) is 3.67. The summed E-state index contributed by atoms with van der Waals surface area (Å²) in [7, 11) is 0. The van der Waals surface area contributed by atoms with Crippen LogP contribution in [0.2, 0.25) is 0 Å². The van der Waals surface area contributed by atoms with Crippen molar-refractivity contribution in [3.8, 4) is 0 Å². The molecule has 1 aromatic carbocycles. The van der Waals surface area contributed by atoms with E-state index in [0.717, 1.165) is 31.5 Å². The van der Waals surface area contributed by atoms with Gasteiger partial charge in [0.2, 0.25) is 0 Å². The van der Waals surface area contributed by atoms with Gasteiger partial charge in [-0.15, -0.1) is 0 Å². The molecular weight excluding hydrogens is 236 g/mol. The van der Waals surface area contributed by atoms with Crippen molar-refractivity contribution in [2.24, 2.45) is 5.92 Å². The molecule has 0 radical (unpaired) electrons. The molecule has 1 aromatic rings. The molecule has 3 nitrogen and oxygen atoms in total. The Labute approximate surface area is 115 Å². The predicted octanol–water partition coefficient (Wildman–Crippen LogP) is 2.86. The van der Waals surface area contributed by atoms with Gasteiger partial charge in [-0.1, -0.05) is 13.8 Å². The zero-order valence-corrected chi connectivity index (χ0v) is 12.1. The third kappa shape index (κ3) is 3.57. The van der Waals surface area contributed by atoms with E-state index in [9.17, 15) is 4.79 Å². The summed E-state index contributed by atoms with van der Waals surface area (Å²) in [5, 5.41) is 6.63. The van der Waals surface area contributed by atoms with E-state index in [1.165, 1.54) is 11.3 Å². The largest absolute Gasteiger partial charge is 0.384 e. The lowest BCUT2D eigenvalue weighted by atomic mass is 10.0. The molecule has 1 aliphatic heterocycles. The topological polar surface area (TPSA) is 41.1 Å². The predicted molar refractivity (Wildman–Crippen MR) is 79.9 cm³/mol. The molecule has 1 heterocycles. The fourth-order valence-corrected chi connectivity index (χ4v) is 2.39. The number of hydrogen-bond donors (Lipinski definition) is 2. The Balaban J connectivity index is 1.95. The quantitative estimate of drug-likeness (QED) is 0.773. The fourth-order valence-electron chi connectivity index (χ4n) is 2.39. The Morgan fingerprint density at radius 1 is 1.37 bits per heavy atom. The molecule has 0 fully saturated rings. The zero-order chi connectivity index (χ0) is 13.8. The molecule has 104 valence electrons. The molecule has 0 bridgehead atoms. The summed E-state index contributed by atoms with van der Waals surface area (Å²) in [6, 6.07) is 5.89. The van der Waals surface area contributed by atoms with Crippen LogP contribution in [-0.2, 0) is 6.42 Å². The maximum atomic E-state index is 12.3. The monoisotopic (exact) mass is 260 g/mol. The smallest absolute Gasteiger partial charge is 0.179 e. The first-order chi connectivity index (χ1) is 9.08. The highest BCUT2D eigenvalue weighted by Gasteiger charge is 2.17. The van der Waals surface area contributed by atoms with E-state index in [0.29, 0.717) is 5.92 Å². The Morgan fingerprint density at radius 2 is 2.16 bits per heavy atom. The van der Waals surface area contributed by atoms with Crippen molar-refractivity contribution in [2.75, 3.05) is 18.4 Å². The molecular formula is C16H24N2O. The average molecular weight is 260 g/mol. The first-order valence-electron chi connectivity index (χ1n) is 7.22. The van der Waals surface area contributed by atoms with Gasteiger partial charge < -0.3 is 10.6 Å². The summed E-state index contributed by atoms with van der Waals surface area (Å²) < 4.78 is 0. The summed E-state index contributed by atoms with van der Waals surface area (Å²) in [5.74, 6) is 0.860. The summed E-state index contributed by atoms with van der Waals surface area (Å²) in [4.78, 5) is 12.3. The number of carbonyl (C=O) groups excluding carboxylic acids is 1. The van der Waals surface area contributed by atoms with Gasteiger partial charge in [0.25, 0.3) is 0 Å². The molecule has 0 spiro atoms. The number of rotatable bonds is 6. The Morgan fingerprint density at radius 3 is 2.89 bits per heavy atom. The maximum Gasteiger partial charge on any atom is 0.179 e. The number of nitrogens with one attached hydrogen (secondary N) is 2. The van der Waals surface area contributed by atoms with Crippen molar-refractivity contribution in [2.45, 2.75) is 39.7 Å². The molecule has 2 rings (SSSR count). The highest BCUT2D eigenvalue weighted by atomic mass is 16.1. The first-order valence-corrected chi connectivity index (χ1v) is 7.22. The number of fused-ring (bicyclic) bond motifs is 1. The number of benzene rings is 1. The van der Waals surface area contributed by atoms with Gasteiger partial charge in [-0.3, -0.25) is 4.79 Å². The van der Waals surface area contributed by atoms with Crippen LogP contribution in [-0.4, -0.2) is 24.9 Å². The maximum absolute atomic E-state index is 12.3. The minimum absolute atomic E-state index is 0.105. The van der Waals surface area contributed by atoms with Gasteiger partial charge in [-0.2, -0.15) is 0 Å². The highest BCUT2D eigenvalue weighted by Crippen LogP contribution is 2.23.